The molecule has 0 spiro atoms. The van der Waals surface area contributed by atoms with E-state index in [9.17, 15) is 4.79 Å². The second-order valence-corrected chi connectivity index (χ2v) is 7.33. The third-order valence-electron chi connectivity index (χ3n) is 4.60. The van der Waals surface area contributed by atoms with Gasteiger partial charge in [0, 0.05) is 24.4 Å². The number of nitrogens with zero attached hydrogens (tertiary/aromatic N) is 1. The summed E-state index contributed by atoms with van der Waals surface area (Å²) >= 11 is 0. The SMILES string of the molecule is CC(C=CC=C(C)c1ccc2c(c1)CC(C)CN2C(C)C)=CC(=O)O. The first kappa shape index (κ1) is 19.0. The molecule has 1 heterocycles. The fourth-order valence-electron chi connectivity index (χ4n) is 3.32. The number of benzene rings is 1. The zero-order chi connectivity index (χ0) is 18.6. The van der Waals surface area contributed by atoms with Crippen molar-refractivity contribution in [2.45, 2.75) is 47.1 Å². The molecule has 0 bridgehead atoms. The summed E-state index contributed by atoms with van der Waals surface area (Å²) in [5.41, 5.74) is 5.91. The Bertz CT molecular complexity index is 726. The molecule has 0 radical (unpaired) electrons. The molecule has 1 aromatic rings. The van der Waals surface area contributed by atoms with Crippen LogP contribution < -0.4 is 4.90 Å². The third-order valence-corrected chi connectivity index (χ3v) is 4.60. The van der Waals surface area contributed by atoms with Gasteiger partial charge in [-0.05, 0) is 74.4 Å². The van der Waals surface area contributed by atoms with Crippen LogP contribution in [0.2, 0.25) is 0 Å². The van der Waals surface area contributed by atoms with Crippen molar-refractivity contribution < 1.29 is 9.90 Å². The molecule has 0 saturated carbocycles. The lowest BCUT2D eigenvalue weighted by Crippen LogP contribution is -2.39. The highest BCUT2D eigenvalue weighted by molar-refractivity contribution is 5.81. The predicted octanol–water partition coefficient (Wildman–Crippen LogP) is 5.08. The first-order valence-electron chi connectivity index (χ1n) is 8.94. The van der Waals surface area contributed by atoms with E-state index in [0.29, 0.717) is 12.0 Å². The number of carboxylic acids is 1. The molecule has 1 atom stereocenters. The molecular formula is C22H29NO2. The standard InChI is InChI=1S/C22H29NO2/c1-15(2)23-14-17(4)11-20-13-19(9-10-21(20)23)18(5)8-6-7-16(3)12-22(24)25/h6-10,12-13,15,17H,11,14H2,1-5H3,(H,24,25). The molecule has 3 heteroatoms. The molecule has 3 nitrogen and oxygen atoms in total. The summed E-state index contributed by atoms with van der Waals surface area (Å²) < 4.78 is 0. The van der Waals surface area contributed by atoms with Gasteiger partial charge < -0.3 is 10.0 Å². The Kier molecular flexibility index (Phi) is 6.24. The Hall–Kier alpha value is -2.29. The first-order chi connectivity index (χ1) is 11.8. The van der Waals surface area contributed by atoms with Crippen molar-refractivity contribution in [2.75, 3.05) is 11.4 Å². The minimum atomic E-state index is -0.915. The number of carboxylic acid groups (broad SMARTS) is 1. The number of hydrogen-bond acceptors (Lipinski definition) is 2. The van der Waals surface area contributed by atoms with Crippen LogP contribution in [0.25, 0.3) is 5.57 Å². The van der Waals surface area contributed by atoms with Crippen LogP contribution in [-0.4, -0.2) is 23.7 Å². The van der Waals surface area contributed by atoms with Crippen molar-refractivity contribution in [1.82, 2.24) is 0 Å². The van der Waals surface area contributed by atoms with Gasteiger partial charge in [-0.15, -0.1) is 0 Å². The van der Waals surface area contributed by atoms with E-state index in [1.807, 2.05) is 18.2 Å². The molecule has 1 aromatic carbocycles. The van der Waals surface area contributed by atoms with Gasteiger partial charge in [-0.3, -0.25) is 0 Å². The lowest BCUT2D eigenvalue weighted by Gasteiger charge is -2.38. The monoisotopic (exact) mass is 339 g/mol. The van der Waals surface area contributed by atoms with E-state index in [4.69, 9.17) is 5.11 Å². The van der Waals surface area contributed by atoms with Crippen LogP contribution in [0.1, 0.15) is 45.7 Å². The number of rotatable bonds is 5. The highest BCUT2D eigenvalue weighted by Gasteiger charge is 2.23. The number of anilines is 1. The summed E-state index contributed by atoms with van der Waals surface area (Å²) in [6.45, 7) is 11.8. The lowest BCUT2D eigenvalue weighted by molar-refractivity contribution is -0.131. The molecule has 134 valence electrons. The largest absolute Gasteiger partial charge is 0.478 e. The minimum absolute atomic E-state index is 0.510. The minimum Gasteiger partial charge on any atom is -0.478 e. The first-order valence-corrected chi connectivity index (χ1v) is 8.94. The van der Waals surface area contributed by atoms with Gasteiger partial charge in [0.05, 0.1) is 0 Å². The number of allylic oxidation sites excluding steroid dienone is 5. The van der Waals surface area contributed by atoms with Gasteiger partial charge in [0.2, 0.25) is 0 Å². The van der Waals surface area contributed by atoms with Gasteiger partial charge in [-0.25, -0.2) is 4.79 Å². The molecule has 1 N–H and O–H groups in total. The van der Waals surface area contributed by atoms with Crippen molar-refractivity contribution in [3.8, 4) is 0 Å². The third kappa shape index (κ3) is 5.09. The molecule has 25 heavy (non-hydrogen) atoms. The number of fused-ring (bicyclic) bond motifs is 1. The van der Waals surface area contributed by atoms with Crippen molar-refractivity contribution in [3.05, 3.63) is 59.2 Å². The van der Waals surface area contributed by atoms with Crippen LogP contribution in [0, 0.1) is 5.92 Å². The summed E-state index contributed by atoms with van der Waals surface area (Å²) in [5.74, 6) is -0.250. The molecule has 0 aliphatic carbocycles. The summed E-state index contributed by atoms with van der Waals surface area (Å²) in [5, 5.41) is 8.74. The average molecular weight is 339 g/mol. The summed E-state index contributed by atoms with van der Waals surface area (Å²) in [7, 11) is 0. The van der Waals surface area contributed by atoms with Crippen LogP contribution >= 0.6 is 0 Å². The maximum atomic E-state index is 10.6. The highest BCUT2D eigenvalue weighted by Crippen LogP contribution is 2.33. The molecule has 0 amide bonds. The van der Waals surface area contributed by atoms with Gasteiger partial charge in [0.15, 0.2) is 0 Å². The Balaban J connectivity index is 2.23. The van der Waals surface area contributed by atoms with Crippen molar-refractivity contribution in [2.24, 2.45) is 5.92 Å². The quantitative estimate of drug-likeness (QED) is 0.600. The second-order valence-electron chi connectivity index (χ2n) is 7.33. The van der Waals surface area contributed by atoms with Crippen LogP contribution in [-0.2, 0) is 11.2 Å². The topological polar surface area (TPSA) is 40.5 Å². The Morgan fingerprint density at radius 1 is 1.32 bits per heavy atom. The number of aliphatic carboxylic acids is 1. The van der Waals surface area contributed by atoms with Gasteiger partial charge >= 0.3 is 5.97 Å². The molecular weight excluding hydrogens is 310 g/mol. The van der Waals surface area contributed by atoms with Crippen molar-refractivity contribution >= 4 is 17.2 Å². The fourth-order valence-corrected chi connectivity index (χ4v) is 3.32. The molecule has 0 fully saturated rings. The number of hydrogen-bond donors (Lipinski definition) is 1. The van der Waals surface area contributed by atoms with E-state index in [1.54, 1.807) is 6.92 Å². The van der Waals surface area contributed by atoms with E-state index >= 15 is 0 Å². The Labute approximate surface area is 151 Å². The van der Waals surface area contributed by atoms with Crippen LogP contribution in [0.4, 0.5) is 5.69 Å². The maximum absolute atomic E-state index is 10.6. The summed E-state index contributed by atoms with van der Waals surface area (Å²) in [6, 6.07) is 7.24. The number of carbonyl (C=O) groups is 1. The zero-order valence-electron chi connectivity index (χ0n) is 15.9. The Morgan fingerprint density at radius 3 is 2.68 bits per heavy atom. The molecule has 1 unspecified atom stereocenters. The van der Waals surface area contributed by atoms with E-state index in [-0.39, 0.29) is 0 Å². The van der Waals surface area contributed by atoms with Gasteiger partial charge in [0.1, 0.15) is 0 Å². The maximum Gasteiger partial charge on any atom is 0.328 e. The van der Waals surface area contributed by atoms with Crippen LogP contribution in [0.5, 0.6) is 0 Å². The van der Waals surface area contributed by atoms with Gasteiger partial charge in [0.25, 0.3) is 0 Å². The van der Waals surface area contributed by atoms with Crippen molar-refractivity contribution in [3.63, 3.8) is 0 Å². The van der Waals surface area contributed by atoms with Gasteiger partial charge in [-0.1, -0.05) is 31.2 Å². The smallest absolute Gasteiger partial charge is 0.328 e. The van der Waals surface area contributed by atoms with E-state index in [2.05, 4.69) is 50.8 Å². The average Bonchev–Trinajstić information content (AvgIpc) is 2.52. The molecule has 0 aromatic heterocycles. The molecule has 1 aliphatic heterocycles. The van der Waals surface area contributed by atoms with Crippen LogP contribution in [0.15, 0.2) is 48.1 Å². The highest BCUT2D eigenvalue weighted by atomic mass is 16.4. The van der Waals surface area contributed by atoms with Crippen LogP contribution in [0.3, 0.4) is 0 Å². The predicted molar refractivity (Wildman–Crippen MR) is 106 cm³/mol. The molecule has 0 saturated heterocycles. The second kappa shape index (κ2) is 8.19. The summed E-state index contributed by atoms with van der Waals surface area (Å²) in [6.07, 6.45) is 8.09. The Morgan fingerprint density at radius 2 is 2.04 bits per heavy atom. The normalized spacial score (nSPS) is 18.8. The lowest BCUT2D eigenvalue weighted by atomic mass is 9.90. The zero-order valence-corrected chi connectivity index (χ0v) is 15.9. The van der Waals surface area contributed by atoms with E-state index in [0.717, 1.165) is 18.5 Å². The fraction of sp³-hybridized carbons (Fsp3) is 0.409. The van der Waals surface area contributed by atoms with E-state index < -0.39 is 5.97 Å². The van der Waals surface area contributed by atoms with Crippen molar-refractivity contribution in [1.29, 1.82) is 0 Å². The van der Waals surface area contributed by atoms with Gasteiger partial charge in [-0.2, -0.15) is 0 Å². The summed E-state index contributed by atoms with van der Waals surface area (Å²) in [4.78, 5) is 13.1. The molecule has 1 aliphatic rings. The van der Waals surface area contributed by atoms with E-state index in [1.165, 1.54) is 28.5 Å². The molecule has 2 rings (SSSR count).